The summed E-state index contributed by atoms with van der Waals surface area (Å²) in [5.74, 6) is 0.159. The summed E-state index contributed by atoms with van der Waals surface area (Å²) < 4.78 is 5.34. The second-order valence-corrected chi connectivity index (χ2v) is 7.68. The lowest BCUT2D eigenvalue weighted by molar-refractivity contribution is 0.0512. The zero-order chi connectivity index (χ0) is 20.1. The monoisotopic (exact) mass is 373 g/mol. The third kappa shape index (κ3) is 10.7. The zero-order valence-electron chi connectivity index (χ0n) is 17.3. The summed E-state index contributed by atoms with van der Waals surface area (Å²) in [6.45, 7) is 8.32. The van der Waals surface area contributed by atoms with E-state index in [-0.39, 0.29) is 5.97 Å². The molecule has 0 aliphatic heterocycles. The number of esters is 1. The van der Waals surface area contributed by atoms with Crippen molar-refractivity contribution < 1.29 is 14.6 Å². The molecule has 0 saturated carbocycles. The van der Waals surface area contributed by atoms with Gasteiger partial charge in [-0.2, -0.15) is 0 Å². The molecule has 1 atom stereocenters. The second-order valence-electron chi connectivity index (χ2n) is 7.68. The normalized spacial score (nSPS) is 13.4. The highest BCUT2D eigenvalue weighted by Gasteiger charge is 2.13. The van der Waals surface area contributed by atoms with Crippen LogP contribution in [0.25, 0.3) is 0 Å². The van der Waals surface area contributed by atoms with Gasteiger partial charge in [0.1, 0.15) is 0 Å². The Kier molecular flexibility index (Phi) is 10.6. The van der Waals surface area contributed by atoms with Crippen LogP contribution in [0.2, 0.25) is 0 Å². The van der Waals surface area contributed by atoms with Crippen molar-refractivity contribution in [3.05, 3.63) is 42.0 Å². The van der Waals surface area contributed by atoms with Crippen molar-refractivity contribution in [3.8, 4) is 0 Å². The van der Waals surface area contributed by atoms with E-state index in [1.54, 1.807) is 6.07 Å². The third-order valence-electron chi connectivity index (χ3n) is 4.27. The molecule has 1 unspecified atom stereocenters. The van der Waals surface area contributed by atoms with Crippen LogP contribution in [0.4, 0.5) is 5.69 Å². The van der Waals surface area contributed by atoms with Crippen LogP contribution < -0.4 is 0 Å². The van der Waals surface area contributed by atoms with Gasteiger partial charge in [-0.3, -0.25) is 4.99 Å². The second kappa shape index (κ2) is 12.4. The fourth-order valence-electron chi connectivity index (χ4n) is 2.67. The standard InChI is InChI=1S/C23H35NO3/c1-5-6-7-10-18-27-22(25)20-13-8-9-14-21(20)24-17-15-19(2)12-11-16-23(3,4)26/h6-9,13-14,17,19,26H,5,10-12,15-16,18H2,1-4H3. The highest BCUT2D eigenvalue weighted by Crippen LogP contribution is 2.21. The highest BCUT2D eigenvalue weighted by atomic mass is 16.5. The number of carbonyl (C=O) groups excluding carboxylic acids is 1. The molecule has 0 aromatic heterocycles. The number of hydrogen-bond donors (Lipinski definition) is 1. The van der Waals surface area contributed by atoms with E-state index in [4.69, 9.17) is 4.74 Å². The Morgan fingerprint density at radius 2 is 2.04 bits per heavy atom. The van der Waals surface area contributed by atoms with Crippen LogP contribution in [-0.2, 0) is 4.74 Å². The molecular weight excluding hydrogens is 338 g/mol. The van der Waals surface area contributed by atoms with Gasteiger partial charge < -0.3 is 9.84 Å². The Balaban J connectivity index is 2.51. The summed E-state index contributed by atoms with van der Waals surface area (Å²) >= 11 is 0. The molecule has 150 valence electrons. The molecule has 1 aromatic rings. The molecule has 1 aromatic carbocycles. The zero-order valence-corrected chi connectivity index (χ0v) is 17.3. The molecule has 0 bridgehead atoms. The lowest BCUT2D eigenvalue weighted by atomic mass is 9.95. The van der Waals surface area contributed by atoms with Crippen LogP contribution in [0.5, 0.6) is 0 Å². The van der Waals surface area contributed by atoms with Gasteiger partial charge in [0, 0.05) is 6.21 Å². The van der Waals surface area contributed by atoms with E-state index in [1.165, 1.54) is 0 Å². The molecule has 4 heteroatoms. The molecule has 0 radical (unpaired) electrons. The van der Waals surface area contributed by atoms with Crippen molar-refractivity contribution >= 4 is 17.9 Å². The van der Waals surface area contributed by atoms with Gasteiger partial charge in [-0.15, -0.1) is 0 Å². The maximum atomic E-state index is 12.3. The molecule has 0 spiro atoms. The van der Waals surface area contributed by atoms with Crippen LogP contribution in [0.15, 0.2) is 41.4 Å². The smallest absolute Gasteiger partial charge is 0.340 e. The molecule has 1 rings (SSSR count). The van der Waals surface area contributed by atoms with Crippen LogP contribution in [0.3, 0.4) is 0 Å². The van der Waals surface area contributed by atoms with Gasteiger partial charge in [-0.1, -0.05) is 51.0 Å². The molecular formula is C23H35NO3. The van der Waals surface area contributed by atoms with Gasteiger partial charge in [0.15, 0.2) is 0 Å². The SMILES string of the molecule is CCC=CCCOC(=O)c1ccccc1N=CCC(C)CCCC(C)(C)O. The van der Waals surface area contributed by atoms with Crippen molar-refractivity contribution in [2.75, 3.05) is 6.61 Å². The molecule has 0 aliphatic carbocycles. The molecule has 1 N–H and O–H groups in total. The van der Waals surface area contributed by atoms with Gasteiger partial charge in [0.05, 0.1) is 23.5 Å². The Morgan fingerprint density at radius 3 is 2.74 bits per heavy atom. The Morgan fingerprint density at radius 1 is 1.30 bits per heavy atom. The van der Waals surface area contributed by atoms with Gasteiger partial charge in [0.25, 0.3) is 0 Å². The first kappa shape index (κ1) is 23.1. The van der Waals surface area contributed by atoms with E-state index < -0.39 is 5.60 Å². The third-order valence-corrected chi connectivity index (χ3v) is 4.27. The summed E-state index contributed by atoms with van der Waals surface area (Å²) in [5, 5.41) is 9.77. The number of carbonyl (C=O) groups is 1. The molecule has 0 saturated heterocycles. The average Bonchev–Trinajstić information content (AvgIpc) is 2.60. The molecule has 0 heterocycles. The van der Waals surface area contributed by atoms with Crippen molar-refractivity contribution in [2.24, 2.45) is 10.9 Å². The number of para-hydroxylation sites is 1. The maximum Gasteiger partial charge on any atom is 0.340 e. The van der Waals surface area contributed by atoms with Crippen LogP contribution >= 0.6 is 0 Å². The van der Waals surface area contributed by atoms with Gasteiger partial charge >= 0.3 is 5.97 Å². The highest BCUT2D eigenvalue weighted by molar-refractivity contribution is 5.95. The van der Waals surface area contributed by atoms with Crippen molar-refractivity contribution in [3.63, 3.8) is 0 Å². The molecule has 4 nitrogen and oxygen atoms in total. The number of ether oxygens (including phenoxy) is 1. The number of rotatable bonds is 12. The minimum absolute atomic E-state index is 0.328. The number of aliphatic imine (C=N–C) groups is 1. The molecule has 0 aliphatic rings. The van der Waals surface area contributed by atoms with Crippen LogP contribution in [0.1, 0.15) is 76.6 Å². The van der Waals surface area contributed by atoms with E-state index in [0.717, 1.165) is 38.5 Å². The first-order chi connectivity index (χ1) is 12.8. The Labute approximate surface area is 164 Å². The topological polar surface area (TPSA) is 58.9 Å². The predicted octanol–water partition coefficient (Wildman–Crippen LogP) is 5.87. The van der Waals surface area contributed by atoms with Gasteiger partial charge in [0.2, 0.25) is 0 Å². The number of allylic oxidation sites excluding steroid dienone is 1. The summed E-state index contributed by atoms with van der Waals surface area (Å²) in [4.78, 5) is 16.8. The van der Waals surface area contributed by atoms with Gasteiger partial charge in [-0.05, 0) is 57.6 Å². The summed E-state index contributed by atoms with van der Waals surface area (Å²) in [7, 11) is 0. The van der Waals surface area contributed by atoms with Crippen molar-refractivity contribution in [1.29, 1.82) is 0 Å². The fourth-order valence-corrected chi connectivity index (χ4v) is 2.67. The minimum Gasteiger partial charge on any atom is -0.462 e. The Hall–Kier alpha value is -1.94. The van der Waals surface area contributed by atoms with E-state index in [9.17, 15) is 9.90 Å². The molecule has 0 amide bonds. The summed E-state index contributed by atoms with van der Waals surface area (Å²) in [5.41, 5.74) is 0.553. The lowest BCUT2D eigenvalue weighted by Crippen LogP contribution is -2.18. The molecule has 0 fully saturated rings. The molecule has 27 heavy (non-hydrogen) atoms. The summed E-state index contributed by atoms with van der Waals surface area (Å²) in [6.07, 6.45) is 11.4. The fraction of sp³-hybridized carbons (Fsp3) is 0.565. The number of benzene rings is 1. The summed E-state index contributed by atoms with van der Waals surface area (Å²) in [6, 6.07) is 7.29. The predicted molar refractivity (Wildman–Crippen MR) is 113 cm³/mol. The largest absolute Gasteiger partial charge is 0.462 e. The first-order valence-corrected chi connectivity index (χ1v) is 9.99. The van der Waals surface area contributed by atoms with E-state index in [0.29, 0.717) is 23.8 Å². The van der Waals surface area contributed by atoms with E-state index in [2.05, 4.69) is 24.9 Å². The van der Waals surface area contributed by atoms with Crippen molar-refractivity contribution in [2.45, 2.75) is 71.8 Å². The van der Waals surface area contributed by atoms with E-state index in [1.807, 2.05) is 44.3 Å². The Bertz CT molecular complexity index is 614. The number of hydrogen-bond acceptors (Lipinski definition) is 4. The number of aliphatic hydroxyl groups is 1. The first-order valence-electron chi connectivity index (χ1n) is 9.99. The quantitative estimate of drug-likeness (QED) is 0.216. The van der Waals surface area contributed by atoms with Crippen LogP contribution in [0, 0.1) is 5.92 Å². The van der Waals surface area contributed by atoms with Crippen LogP contribution in [-0.4, -0.2) is 29.5 Å². The van der Waals surface area contributed by atoms with Gasteiger partial charge in [-0.25, -0.2) is 4.79 Å². The van der Waals surface area contributed by atoms with Crippen molar-refractivity contribution in [1.82, 2.24) is 0 Å². The minimum atomic E-state index is -0.598. The lowest BCUT2D eigenvalue weighted by Gasteiger charge is -2.17. The number of nitrogens with zero attached hydrogens (tertiary/aromatic N) is 1. The van der Waals surface area contributed by atoms with E-state index >= 15 is 0 Å². The average molecular weight is 374 g/mol. The maximum absolute atomic E-state index is 12.3.